The van der Waals surface area contributed by atoms with Crippen LogP contribution >= 0.6 is 0 Å². The third-order valence-electron chi connectivity index (χ3n) is 5.59. The minimum Gasteiger partial charge on any atom is -0.357 e. The van der Waals surface area contributed by atoms with E-state index in [1.165, 1.54) is 17.6 Å². The Morgan fingerprint density at radius 3 is 2.71 bits per heavy atom. The van der Waals surface area contributed by atoms with Gasteiger partial charge in [0.25, 0.3) is 0 Å². The van der Waals surface area contributed by atoms with E-state index >= 15 is 0 Å². The first-order chi connectivity index (χ1) is 13.7. The Balaban J connectivity index is 1.54. The van der Waals surface area contributed by atoms with Gasteiger partial charge in [-0.25, -0.2) is 0 Å². The van der Waals surface area contributed by atoms with Crippen LogP contribution < -0.4 is 5.32 Å². The molecule has 1 fully saturated rings. The van der Waals surface area contributed by atoms with Gasteiger partial charge in [-0.1, -0.05) is 43.3 Å². The first-order valence-electron chi connectivity index (χ1n) is 10.7. The molecule has 0 aliphatic carbocycles. The zero-order valence-corrected chi connectivity index (χ0v) is 17.4. The van der Waals surface area contributed by atoms with E-state index in [1.54, 1.807) is 0 Å². The summed E-state index contributed by atoms with van der Waals surface area (Å²) in [5.41, 5.74) is 2.72. The lowest BCUT2D eigenvalue weighted by Crippen LogP contribution is -2.44. The molecule has 152 valence electrons. The molecule has 1 amide bonds. The largest absolute Gasteiger partial charge is 0.357 e. The van der Waals surface area contributed by atoms with E-state index in [0.29, 0.717) is 18.9 Å². The van der Waals surface area contributed by atoms with Crippen molar-refractivity contribution in [2.45, 2.75) is 39.5 Å². The van der Waals surface area contributed by atoms with Gasteiger partial charge in [0.05, 0.1) is 6.54 Å². The van der Waals surface area contributed by atoms with Crippen LogP contribution in [0, 0.1) is 5.92 Å². The highest BCUT2D eigenvalue weighted by atomic mass is 16.2. The van der Waals surface area contributed by atoms with E-state index in [1.807, 2.05) is 4.90 Å². The Labute approximate surface area is 169 Å². The standard InChI is InChI=1S/C23H34N4O/c1-3-24-23(25-14-11-22(28)27-15-7-8-19(2)18-27)26-16-12-21(13-17-26)20-9-5-4-6-10-20/h4-6,9-10,12,19H,3,7-8,11,13-18H2,1-2H3,(H,24,25). The Bertz CT molecular complexity index is 698. The predicted octanol–water partition coefficient (Wildman–Crippen LogP) is 3.39. The van der Waals surface area contributed by atoms with Gasteiger partial charge in [0, 0.05) is 39.1 Å². The van der Waals surface area contributed by atoms with Crippen molar-refractivity contribution in [2.75, 3.05) is 39.3 Å². The number of benzene rings is 1. The number of hydrogen-bond acceptors (Lipinski definition) is 2. The van der Waals surface area contributed by atoms with Crippen molar-refractivity contribution in [2.24, 2.45) is 10.9 Å². The number of carbonyl (C=O) groups is 1. The van der Waals surface area contributed by atoms with Crippen molar-refractivity contribution in [1.82, 2.24) is 15.1 Å². The lowest BCUT2D eigenvalue weighted by molar-refractivity contribution is -0.132. The fourth-order valence-electron chi connectivity index (χ4n) is 4.03. The summed E-state index contributed by atoms with van der Waals surface area (Å²) in [4.78, 5) is 21.5. The molecule has 2 aliphatic rings. The van der Waals surface area contributed by atoms with Crippen molar-refractivity contribution >= 4 is 17.4 Å². The molecule has 0 radical (unpaired) electrons. The van der Waals surface area contributed by atoms with E-state index in [0.717, 1.165) is 51.5 Å². The summed E-state index contributed by atoms with van der Waals surface area (Å²) >= 11 is 0. The average Bonchev–Trinajstić information content (AvgIpc) is 2.74. The van der Waals surface area contributed by atoms with Crippen molar-refractivity contribution < 1.29 is 4.79 Å². The first-order valence-corrected chi connectivity index (χ1v) is 10.7. The van der Waals surface area contributed by atoms with Crippen molar-refractivity contribution in [1.29, 1.82) is 0 Å². The van der Waals surface area contributed by atoms with E-state index in [-0.39, 0.29) is 5.91 Å². The summed E-state index contributed by atoms with van der Waals surface area (Å²) in [6, 6.07) is 10.6. The lowest BCUT2D eigenvalue weighted by atomic mass is 10.00. The zero-order chi connectivity index (χ0) is 19.8. The van der Waals surface area contributed by atoms with Crippen LogP contribution in [0.5, 0.6) is 0 Å². The third-order valence-corrected chi connectivity index (χ3v) is 5.59. The average molecular weight is 383 g/mol. The Hall–Kier alpha value is -2.30. The molecule has 1 saturated heterocycles. The third kappa shape index (κ3) is 5.60. The monoisotopic (exact) mass is 382 g/mol. The van der Waals surface area contributed by atoms with Gasteiger partial charge in [0.2, 0.25) is 5.91 Å². The molecule has 2 aliphatic heterocycles. The van der Waals surface area contributed by atoms with Gasteiger partial charge in [-0.3, -0.25) is 9.79 Å². The Kier molecular flexibility index (Phi) is 7.52. The number of aliphatic imine (C=N–C) groups is 1. The normalized spacial score (nSPS) is 20.7. The highest BCUT2D eigenvalue weighted by molar-refractivity contribution is 5.82. The van der Waals surface area contributed by atoms with Crippen LogP contribution in [0.1, 0.15) is 45.1 Å². The van der Waals surface area contributed by atoms with Crippen molar-refractivity contribution in [3.63, 3.8) is 0 Å². The van der Waals surface area contributed by atoms with Gasteiger partial charge < -0.3 is 15.1 Å². The molecule has 5 heteroatoms. The number of likely N-dealkylation sites (tertiary alicyclic amines) is 1. The van der Waals surface area contributed by atoms with Crippen LogP contribution in [0.2, 0.25) is 0 Å². The van der Waals surface area contributed by atoms with Crippen LogP contribution in [0.3, 0.4) is 0 Å². The van der Waals surface area contributed by atoms with Crippen LogP contribution in [0.15, 0.2) is 41.4 Å². The van der Waals surface area contributed by atoms with Crippen LogP contribution in [0.4, 0.5) is 0 Å². The molecule has 5 nitrogen and oxygen atoms in total. The number of carbonyl (C=O) groups excluding carboxylic acids is 1. The van der Waals surface area contributed by atoms with Crippen LogP contribution in [-0.4, -0.2) is 60.9 Å². The van der Waals surface area contributed by atoms with Gasteiger partial charge in [0.15, 0.2) is 5.96 Å². The minimum absolute atomic E-state index is 0.246. The Morgan fingerprint density at radius 2 is 2.04 bits per heavy atom. The quantitative estimate of drug-likeness (QED) is 0.627. The number of hydrogen-bond donors (Lipinski definition) is 1. The smallest absolute Gasteiger partial charge is 0.224 e. The molecule has 1 aromatic rings. The molecule has 2 heterocycles. The number of nitrogens with one attached hydrogen (secondary N) is 1. The van der Waals surface area contributed by atoms with Gasteiger partial charge >= 0.3 is 0 Å². The summed E-state index contributed by atoms with van der Waals surface area (Å²) in [5.74, 6) is 1.79. The molecule has 3 rings (SSSR count). The molecule has 1 N–H and O–H groups in total. The second kappa shape index (κ2) is 10.3. The minimum atomic E-state index is 0.246. The molecule has 0 saturated carbocycles. The summed E-state index contributed by atoms with van der Waals surface area (Å²) in [6.45, 7) is 9.32. The SMILES string of the molecule is CCNC(=NCCC(=O)N1CCCC(C)C1)N1CC=C(c2ccccc2)CC1. The maximum Gasteiger partial charge on any atom is 0.224 e. The highest BCUT2D eigenvalue weighted by Crippen LogP contribution is 2.22. The van der Waals surface area contributed by atoms with E-state index < -0.39 is 0 Å². The topological polar surface area (TPSA) is 47.9 Å². The van der Waals surface area contributed by atoms with Gasteiger partial charge in [-0.15, -0.1) is 0 Å². The van der Waals surface area contributed by atoms with Gasteiger partial charge in [-0.2, -0.15) is 0 Å². The molecule has 1 aromatic carbocycles. The predicted molar refractivity (Wildman–Crippen MR) is 116 cm³/mol. The molecule has 0 bridgehead atoms. The maximum atomic E-state index is 12.5. The number of rotatable bonds is 5. The molecule has 0 spiro atoms. The number of piperidine rings is 1. The molecular formula is C23H34N4O. The maximum absolute atomic E-state index is 12.5. The molecular weight excluding hydrogens is 348 g/mol. The zero-order valence-electron chi connectivity index (χ0n) is 17.4. The Morgan fingerprint density at radius 1 is 1.21 bits per heavy atom. The molecule has 1 unspecified atom stereocenters. The second-order valence-electron chi connectivity index (χ2n) is 7.86. The number of guanidine groups is 1. The fourth-order valence-corrected chi connectivity index (χ4v) is 4.03. The summed E-state index contributed by atoms with van der Waals surface area (Å²) in [7, 11) is 0. The van der Waals surface area contributed by atoms with E-state index in [9.17, 15) is 4.79 Å². The van der Waals surface area contributed by atoms with E-state index in [2.05, 4.69) is 60.5 Å². The van der Waals surface area contributed by atoms with Crippen molar-refractivity contribution in [3.05, 3.63) is 42.0 Å². The van der Waals surface area contributed by atoms with Crippen LogP contribution in [-0.2, 0) is 4.79 Å². The number of amides is 1. The summed E-state index contributed by atoms with van der Waals surface area (Å²) in [5, 5.41) is 3.39. The lowest BCUT2D eigenvalue weighted by Gasteiger charge is -2.31. The second-order valence-corrected chi connectivity index (χ2v) is 7.86. The first kappa shape index (κ1) is 20.4. The summed E-state index contributed by atoms with van der Waals surface area (Å²) in [6.07, 6.45) is 6.17. The number of nitrogens with zero attached hydrogens (tertiary/aromatic N) is 3. The highest BCUT2D eigenvalue weighted by Gasteiger charge is 2.21. The van der Waals surface area contributed by atoms with Gasteiger partial charge in [-0.05, 0) is 43.2 Å². The fraction of sp³-hybridized carbons (Fsp3) is 0.565. The van der Waals surface area contributed by atoms with Crippen LogP contribution in [0.25, 0.3) is 5.57 Å². The molecule has 28 heavy (non-hydrogen) atoms. The van der Waals surface area contributed by atoms with Gasteiger partial charge in [0.1, 0.15) is 0 Å². The van der Waals surface area contributed by atoms with E-state index in [4.69, 9.17) is 4.99 Å². The van der Waals surface area contributed by atoms with Crippen molar-refractivity contribution in [3.8, 4) is 0 Å². The summed E-state index contributed by atoms with van der Waals surface area (Å²) < 4.78 is 0. The molecule has 0 aromatic heterocycles. The molecule has 1 atom stereocenters.